The molecule has 2 heterocycles. The lowest BCUT2D eigenvalue weighted by Crippen LogP contribution is -2.40. The van der Waals surface area contributed by atoms with Crippen molar-refractivity contribution in [2.75, 3.05) is 4.72 Å². The number of hydrogen-bond acceptors (Lipinski definition) is 9. The number of nitro benzene ring substituents is 1. The predicted octanol–water partition coefficient (Wildman–Crippen LogP) is 4.06. The Bertz CT molecular complexity index is 2250. The second-order valence-corrected chi connectivity index (χ2v) is 11.6. The van der Waals surface area contributed by atoms with Gasteiger partial charge in [-0.1, -0.05) is 47.5 Å². The quantitative estimate of drug-likeness (QED) is 0.155. The fourth-order valence-corrected chi connectivity index (χ4v) is 6.04. The molecule has 6 aromatic rings. The van der Waals surface area contributed by atoms with Gasteiger partial charge >= 0.3 is 15.0 Å². The Balaban J connectivity index is 1.44. The Labute approximate surface area is 253 Å². The zero-order valence-corrected chi connectivity index (χ0v) is 24.1. The van der Waals surface area contributed by atoms with E-state index in [4.69, 9.17) is 11.6 Å². The van der Waals surface area contributed by atoms with Crippen LogP contribution in [0, 0.1) is 17.0 Å². The molecular formula is C29H19ClN6O7S. The van der Waals surface area contributed by atoms with Crippen LogP contribution in [0.2, 0.25) is 5.02 Å². The Morgan fingerprint density at radius 2 is 1.68 bits per heavy atom. The average Bonchev–Trinajstić information content (AvgIpc) is 3.40. The van der Waals surface area contributed by atoms with Crippen LogP contribution in [0.25, 0.3) is 33.7 Å². The maximum atomic E-state index is 13.8. The van der Waals surface area contributed by atoms with Crippen molar-refractivity contribution >= 4 is 43.9 Å². The summed E-state index contributed by atoms with van der Waals surface area (Å²) in [5.41, 5.74) is 0.794. The maximum absolute atomic E-state index is 13.8. The second kappa shape index (κ2) is 10.9. The van der Waals surface area contributed by atoms with Crippen molar-refractivity contribution in [2.45, 2.75) is 11.9 Å². The van der Waals surface area contributed by atoms with Crippen LogP contribution in [-0.2, 0) is 10.0 Å². The van der Waals surface area contributed by atoms with Gasteiger partial charge in [0, 0.05) is 23.9 Å². The van der Waals surface area contributed by atoms with E-state index in [9.17, 15) is 28.4 Å². The number of aryl methyl sites for hydroxylation is 1. The van der Waals surface area contributed by atoms with Crippen molar-refractivity contribution in [1.82, 2.24) is 14.8 Å². The van der Waals surface area contributed by atoms with Gasteiger partial charge in [-0.05, 0) is 54.1 Å². The number of nitrogens with zero attached hydrogens (tertiary/aromatic N) is 5. The molecule has 0 amide bonds. The minimum Gasteiger partial charge on any atom is -0.538 e. The van der Waals surface area contributed by atoms with Crippen molar-refractivity contribution in [3.05, 3.63) is 122 Å². The predicted molar refractivity (Wildman–Crippen MR) is 157 cm³/mol. The lowest BCUT2D eigenvalue weighted by molar-refractivity contribution is -0.706. The molecule has 0 atom stereocenters. The Morgan fingerprint density at radius 3 is 2.39 bits per heavy atom. The molecule has 0 saturated carbocycles. The van der Waals surface area contributed by atoms with Crippen LogP contribution in [0.1, 0.15) is 5.56 Å². The summed E-state index contributed by atoms with van der Waals surface area (Å²) in [6.07, 6.45) is 0. The van der Waals surface area contributed by atoms with Gasteiger partial charge in [0.1, 0.15) is 5.56 Å². The molecule has 2 aromatic heterocycles. The Morgan fingerprint density at radius 1 is 0.977 bits per heavy atom. The molecule has 0 saturated heterocycles. The van der Waals surface area contributed by atoms with Gasteiger partial charge in [0.15, 0.2) is 11.8 Å². The minimum atomic E-state index is -4.51. The highest BCUT2D eigenvalue weighted by molar-refractivity contribution is 7.92. The summed E-state index contributed by atoms with van der Waals surface area (Å²) in [5, 5.41) is 27.4. The molecule has 6 rings (SSSR count). The first kappa shape index (κ1) is 28.5. The fourth-order valence-electron chi connectivity index (χ4n) is 4.62. The number of sulfonamides is 1. The number of benzene rings is 4. The van der Waals surface area contributed by atoms with E-state index >= 15 is 0 Å². The Hall–Kier alpha value is -5.60. The first-order chi connectivity index (χ1) is 21.0. The number of anilines is 1. The largest absolute Gasteiger partial charge is 0.538 e. The molecule has 13 nitrogen and oxygen atoms in total. The zero-order valence-electron chi connectivity index (χ0n) is 22.5. The molecule has 4 aromatic carbocycles. The molecule has 0 radical (unpaired) electrons. The molecule has 220 valence electrons. The van der Waals surface area contributed by atoms with Gasteiger partial charge in [-0.2, -0.15) is 8.42 Å². The summed E-state index contributed by atoms with van der Waals surface area (Å²) in [6, 6.07) is 22.8. The van der Waals surface area contributed by atoms with Gasteiger partial charge in [0.05, 0.1) is 31.8 Å². The van der Waals surface area contributed by atoms with E-state index in [2.05, 4.69) is 19.5 Å². The van der Waals surface area contributed by atoms with Crippen LogP contribution in [0.5, 0.6) is 5.95 Å². The Kier molecular flexibility index (Phi) is 7.07. The first-order valence-electron chi connectivity index (χ1n) is 12.8. The van der Waals surface area contributed by atoms with E-state index in [-0.39, 0.29) is 38.9 Å². The second-order valence-electron chi connectivity index (χ2n) is 9.55. The molecule has 0 spiro atoms. The van der Waals surface area contributed by atoms with E-state index in [0.29, 0.717) is 11.2 Å². The van der Waals surface area contributed by atoms with E-state index in [1.54, 1.807) is 48.5 Å². The van der Waals surface area contributed by atoms with Gasteiger partial charge in [-0.3, -0.25) is 24.2 Å². The molecule has 1 N–H and O–H groups in total. The van der Waals surface area contributed by atoms with E-state index in [0.717, 1.165) is 14.8 Å². The molecule has 44 heavy (non-hydrogen) atoms. The van der Waals surface area contributed by atoms with E-state index in [1.165, 1.54) is 42.5 Å². The summed E-state index contributed by atoms with van der Waals surface area (Å²) in [7, 11) is -4.51. The third-order valence-corrected chi connectivity index (χ3v) is 8.34. The van der Waals surface area contributed by atoms with Gasteiger partial charge in [-0.25, -0.2) is 4.98 Å². The summed E-state index contributed by atoms with van der Waals surface area (Å²) < 4.78 is 35.6. The molecular weight excluding hydrogens is 612 g/mol. The van der Waals surface area contributed by atoms with Crippen molar-refractivity contribution in [2.24, 2.45) is 0 Å². The maximum Gasteiger partial charge on any atom is 0.373 e. The first-order valence-corrected chi connectivity index (χ1v) is 14.7. The smallest absolute Gasteiger partial charge is 0.373 e. The highest BCUT2D eigenvalue weighted by atomic mass is 35.5. The summed E-state index contributed by atoms with van der Waals surface area (Å²) in [5.74, 6) is -1.26. The van der Waals surface area contributed by atoms with Crippen LogP contribution in [0.3, 0.4) is 0 Å². The molecule has 15 heteroatoms. The van der Waals surface area contributed by atoms with Gasteiger partial charge < -0.3 is 9.63 Å². The number of para-hydroxylation sites is 1. The highest BCUT2D eigenvalue weighted by Crippen LogP contribution is 2.36. The number of rotatable bonds is 7. The molecule has 0 fully saturated rings. The monoisotopic (exact) mass is 630 g/mol. The normalized spacial score (nSPS) is 11.5. The number of fused-ring (bicyclic) bond motifs is 1. The molecule has 0 aliphatic heterocycles. The van der Waals surface area contributed by atoms with Gasteiger partial charge in [0.2, 0.25) is 5.69 Å². The lowest BCUT2D eigenvalue weighted by Gasteiger charge is -2.15. The van der Waals surface area contributed by atoms with Gasteiger partial charge in [0.25, 0.3) is 11.2 Å². The number of nitrogens with one attached hydrogen (secondary N) is 1. The number of halogens is 1. The lowest BCUT2D eigenvalue weighted by atomic mass is 10.1. The van der Waals surface area contributed by atoms with Crippen LogP contribution >= 0.6 is 11.6 Å². The molecule has 0 bridgehead atoms. The van der Waals surface area contributed by atoms with Crippen molar-refractivity contribution in [3.8, 4) is 28.7 Å². The van der Waals surface area contributed by atoms with Crippen LogP contribution in [-0.4, -0.2) is 28.2 Å². The number of hydrogen-bond donors (Lipinski definition) is 1. The van der Waals surface area contributed by atoms with Gasteiger partial charge in [-0.15, -0.1) is 0 Å². The van der Waals surface area contributed by atoms with Crippen LogP contribution in [0.15, 0.2) is 105 Å². The van der Waals surface area contributed by atoms with E-state index in [1.807, 2.05) is 6.92 Å². The average molecular weight is 631 g/mol. The third-order valence-electron chi connectivity index (χ3n) is 6.67. The van der Waals surface area contributed by atoms with Crippen molar-refractivity contribution in [3.63, 3.8) is 0 Å². The van der Waals surface area contributed by atoms with Crippen LogP contribution in [0.4, 0.5) is 11.4 Å². The topological polar surface area (TPSA) is 177 Å². The highest BCUT2D eigenvalue weighted by Gasteiger charge is 2.34. The molecule has 0 aliphatic rings. The van der Waals surface area contributed by atoms with Crippen molar-refractivity contribution < 1.29 is 27.7 Å². The van der Waals surface area contributed by atoms with Crippen molar-refractivity contribution in [1.29, 1.82) is 0 Å². The number of nitro groups is 1. The third kappa shape index (κ3) is 5.01. The minimum absolute atomic E-state index is 0.00327. The fraction of sp³-hybridized carbons (Fsp3) is 0.0345. The SMILES string of the molecule is Cc1ccc(-[n+]2noc([O-])c2S(=O)(=O)Nc2ccc(-n3c(-c4c(Cl)cccc4[N+](=O)[O-])nc4ccccc4c3=O)cc2)cc1. The molecule has 0 unspecified atom stereocenters. The standard InChI is InChI=1S/C29H19ClN6O7S/c1-17-9-13-20(14-10-17)35-28(29(38)43-33-35)44(41,42)32-18-11-15-19(16-12-18)34-26(25-22(30)6-4-8-24(25)36(39)40)31-23-7-3-2-5-21(23)27(34)37/h2-16,32H,1H3. The zero-order chi connectivity index (χ0) is 31.2. The summed E-state index contributed by atoms with van der Waals surface area (Å²) in [6.45, 7) is 1.85. The van der Waals surface area contributed by atoms with Crippen LogP contribution < -0.4 is 20.1 Å². The number of aromatic nitrogens is 4. The summed E-state index contributed by atoms with van der Waals surface area (Å²) in [4.78, 5) is 29.6. The molecule has 0 aliphatic carbocycles. The van der Waals surface area contributed by atoms with E-state index < -0.39 is 31.5 Å². The summed E-state index contributed by atoms with van der Waals surface area (Å²) >= 11 is 6.42.